The molecule has 0 fully saturated rings. The SMILES string of the molecule is COc1ccc(C2C(C(=O)/C=C/c3ccccc3)=C(O)C(=O)N2c2cccc(C(F)(F)F)c2)c(OC)c1. The largest absolute Gasteiger partial charge is 0.503 e. The Kier molecular flexibility index (Phi) is 7.06. The van der Waals surface area contributed by atoms with Crippen LogP contribution in [0.25, 0.3) is 6.08 Å². The maximum atomic E-state index is 13.5. The molecule has 3 aromatic carbocycles. The van der Waals surface area contributed by atoms with Crippen molar-refractivity contribution in [2.75, 3.05) is 19.1 Å². The first-order valence-corrected chi connectivity index (χ1v) is 11.1. The maximum absolute atomic E-state index is 13.5. The molecule has 0 saturated carbocycles. The van der Waals surface area contributed by atoms with Crippen molar-refractivity contribution in [3.05, 3.63) is 107 Å². The van der Waals surface area contributed by atoms with Crippen LogP contribution in [0.1, 0.15) is 22.7 Å². The van der Waals surface area contributed by atoms with Crippen molar-refractivity contribution in [1.29, 1.82) is 0 Å². The summed E-state index contributed by atoms with van der Waals surface area (Å²) in [6, 6.07) is 16.3. The molecule has 0 aromatic heterocycles. The molecule has 37 heavy (non-hydrogen) atoms. The number of aliphatic hydroxyl groups excluding tert-OH is 1. The minimum atomic E-state index is -4.67. The number of carbonyl (C=O) groups is 2. The monoisotopic (exact) mass is 509 g/mol. The number of amides is 1. The zero-order valence-electron chi connectivity index (χ0n) is 19.8. The average Bonchev–Trinajstić information content (AvgIpc) is 3.17. The van der Waals surface area contributed by atoms with Crippen LogP contribution in [0.2, 0.25) is 0 Å². The molecule has 1 aliphatic rings. The van der Waals surface area contributed by atoms with Gasteiger partial charge in [-0.3, -0.25) is 14.5 Å². The maximum Gasteiger partial charge on any atom is 0.416 e. The van der Waals surface area contributed by atoms with Gasteiger partial charge < -0.3 is 14.6 Å². The number of hydrogen-bond acceptors (Lipinski definition) is 5. The summed E-state index contributed by atoms with van der Waals surface area (Å²) in [6.07, 6.45) is -1.95. The first-order chi connectivity index (χ1) is 17.7. The van der Waals surface area contributed by atoms with Crippen LogP contribution < -0.4 is 14.4 Å². The highest BCUT2D eigenvalue weighted by atomic mass is 19.4. The molecular weight excluding hydrogens is 487 g/mol. The van der Waals surface area contributed by atoms with E-state index in [1.165, 1.54) is 44.6 Å². The Hall–Kier alpha value is -4.53. The summed E-state index contributed by atoms with van der Waals surface area (Å²) in [7, 11) is 2.81. The topological polar surface area (TPSA) is 76.1 Å². The second-order valence-electron chi connectivity index (χ2n) is 8.10. The van der Waals surface area contributed by atoms with Gasteiger partial charge in [-0.25, -0.2) is 0 Å². The van der Waals surface area contributed by atoms with Gasteiger partial charge in [0, 0.05) is 17.3 Å². The van der Waals surface area contributed by atoms with Crippen LogP contribution in [-0.4, -0.2) is 31.0 Å². The van der Waals surface area contributed by atoms with Gasteiger partial charge in [0.05, 0.1) is 31.4 Å². The van der Waals surface area contributed by atoms with Crippen LogP contribution in [-0.2, 0) is 15.8 Å². The van der Waals surface area contributed by atoms with Crippen molar-refractivity contribution in [1.82, 2.24) is 0 Å². The first-order valence-electron chi connectivity index (χ1n) is 11.1. The van der Waals surface area contributed by atoms with E-state index in [2.05, 4.69) is 0 Å². The normalized spacial score (nSPS) is 16.0. The van der Waals surface area contributed by atoms with Crippen LogP contribution in [0.4, 0.5) is 18.9 Å². The van der Waals surface area contributed by atoms with E-state index in [9.17, 15) is 27.9 Å². The average molecular weight is 509 g/mol. The van der Waals surface area contributed by atoms with Crippen LogP contribution in [0.3, 0.4) is 0 Å². The number of allylic oxidation sites excluding steroid dienone is 1. The predicted molar refractivity (Wildman–Crippen MR) is 131 cm³/mol. The molecule has 4 rings (SSSR count). The van der Waals surface area contributed by atoms with Crippen molar-refractivity contribution in [3.8, 4) is 11.5 Å². The van der Waals surface area contributed by atoms with E-state index in [1.54, 1.807) is 30.3 Å². The first kappa shape index (κ1) is 25.6. The Morgan fingerprint density at radius 3 is 2.35 bits per heavy atom. The number of halogens is 3. The number of nitrogens with zero attached hydrogens (tertiary/aromatic N) is 1. The quantitative estimate of drug-likeness (QED) is 0.401. The minimum absolute atomic E-state index is 0.149. The van der Waals surface area contributed by atoms with Crippen LogP contribution in [0.5, 0.6) is 11.5 Å². The van der Waals surface area contributed by atoms with E-state index in [1.807, 2.05) is 6.07 Å². The smallest absolute Gasteiger partial charge is 0.416 e. The molecule has 1 atom stereocenters. The van der Waals surface area contributed by atoms with Gasteiger partial charge in [0.2, 0.25) is 0 Å². The molecule has 0 saturated heterocycles. The summed E-state index contributed by atoms with van der Waals surface area (Å²) in [4.78, 5) is 27.6. The molecule has 0 bridgehead atoms. The van der Waals surface area contributed by atoms with Gasteiger partial charge in [0.15, 0.2) is 11.5 Å². The van der Waals surface area contributed by atoms with Gasteiger partial charge in [0.1, 0.15) is 11.5 Å². The summed E-state index contributed by atoms with van der Waals surface area (Å²) < 4.78 is 51.0. The van der Waals surface area contributed by atoms with E-state index in [-0.39, 0.29) is 22.6 Å². The molecule has 0 aliphatic carbocycles. The van der Waals surface area contributed by atoms with Gasteiger partial charge in [-0.2, -0.15) is 13.2 Å². The number of alkyl halides is 3. The Bertz CT molecular complexity index is 1400. The highest BCUT2D eigenvalue weighted by molar-refractivity contribution is 6.20. The number of rotatable bonds is 7. The van der Waals surface area contributed by atoms with Crippen LogP contribution in [0, 0.1) is 0 Å². The third-order valence-corrected chi connectivity index (χ3v) is 5.89. The standard InChI is InChI=1S/C28H22F3NO5/c1-36-20-12-13-21(23(16-20)37-2)25-24(22(33)14-11-17-7-4-3-5-8-17)26(34)27(35)32(25)19-10-6-9-18(15-19)28(29,30)31/h3-16,25,34H,1-2H3/b14-11+. The number of ether oxygens (including phenoxy) is 2. The Morgan fingerprint density at radius 2 is 1.70 bits per heavy atom. The molecule has 190 valence electrons. The summed E-state index contributed by atoms with van der Waals surface area (Å²) in [6.45, 7) is 0. The van der Waals surface area contributed by atoms with E-state index in [0.717, 1.165) is 23.1 Å². The summed E-state index contributed by atoms with van der Waals surface area (Å²) in [5, 5.41) is 10.8. The molecule has 1 aliphatic heterocycles. The lowest BCUT2D eigenvalue weighted by Gasteiger charge is -2.28. The number of hydrogen-bond donors (Lipinski definition) is 1. The molecule has 1 N–H and O–H groups in total. The Morgan fingerprint density at radius 1 is 0.973 bits per heavy atom. The fraction of sp³-hybridized carbons (Fsp3) is 0.143. The number of anilines is 1. The zero-order valence-corrected chi connectivity index (χ0v) is 19.8. The van der Waals surface area contributed by atoms with Gasteiger partial charge in [0.25, 0.3) is 5.91 Å². The van der Waals surface area contributed by atoms with Crippen LogP contribution in [0.15, 0.2) is 90.2 Å². The molecule has 9 heteroatoms. The van der Waals surface area contributed by atoms with E-state index >= 15 is 0 Å². The lowest BCUT2D eigenvalue weighted by atomic mass is 9.94. The molecule has 0 radical (unpaired) electrons. The van der Waals surface area contributed by atoms with E-state index < -0.39 is 35.2 Å². The van der Waals surface area contributed by atoms with Gasteiger partial charge in [-0.15, -0.1) is 0 Å². The van der Waals surface area contributed by atoms with Crippen molar-refractivity contribution in [2.24, 2.45) is 0 Å². The predicted octanol–water partition coefficient (Wildman–Crippen LogP) is 5.91. The second-order valence-corrected chi connectivity index (χ2v) is 8.10. The Balaban J connectivity index is 1.87. The van der Waals surface area contributed by atoms with Gasteiger partial charge in [-0.1, -0.05) is 42.5 Å². The van der Waals surface area contributed by atoms with E-state index in [0.29, 0.717) is 11.3 Å². The molecule has 6 nitrogen and oxygen atoms in total. The van der Waals surface area contributed by atoms with Crippen molar-refractivity contribution in [3.63, 3.8) is 0 Å². The zero-order chi connectivity index (χ0) is 26.7. The van der Waals surface area contributed by atoms with Gasteiger partial charge >= 0.3 is 6.18 Å². The second kappa shape index (κ2) is 10.2. The number of ketones is 1. The molecule has 1 amide bonds. The lowest BCUT2D eigenvalue weighted by Crippen LogP contribution is -2.31. The third-order valence-electron chi connectivity index (χ3n) is 5.89. The number of methoxy groups -OCH3 is 2. The molecular formula is C28H22F3NO5. The fourth-order valence-corrected chi connectivity index (χ4v) is 4.12. The van der Waals surface area contributed by atoms with Crippen molar-refractivity contribution >= 4 is 23.5 Å². The number of aliphatic hydroxyl groups is 1. The highest BCUT2D eigenvalue weighted by Gasteiger charge is 2.45. The summed E-state index contributed by atoms with van der Waals surface area (Å²) in [5.74, 6) is -1.93. The van der Waals surface area contributed by atoms with E-state index in [4.69, 9.17) is 9.47 Å². The Labute approximate surface area is 210 Å². The minimum Gasteiger partial charge on any atom is -0.503 e. The molecule has 1 unspecified atom stereocenters. The number of benzene rings is 3. The molecule has 1 heterocycles. The molecule has 0 spiro atoms. The van der Waals surface area contributed by atoms with Crippen molar-refractivity contribution < 1.29 is 37.3 Å². The summed E-state index contributed by atoms with van der Waals surface area (Å²) >= 11 is 0. The van der Waals surface area contributed by atoms with Crippen LogP contribution >= 0.6 is 0 Å². The van der Waals surface area contributed by atoms with Crippen molar-refractivity contribution in [2.45, 2.75) is 12.2 Å². The third kappa shape index (κ3) is 5.06. The highest BCUT2D eigenvalue weighted by Crippen LogP contribution is 2.45. The van der Waals surface area contributed by atoms with Gasteiger partial charge in [-0.05, 0) is 42.0 Å². The fourth-order valence-electron chi connectivity index (χ4n) is 4.12. The molecule has 3 aromatic rings. The lowest BCUT2D eigenvalue weighted by molar-refractivity contribution is -0.137. The number of carbonyl (C=O) groups excluding carboxylic acids is 2. The summed E-state index contributed by atoms with van der Waals surface area (Å²) in [5.41, 5.74) is -0.452.